The lowest BCUT2D eigenvalue weighted by Crippen LogP contribution is -2.56. The van der Waals surface area contributed by atoms with Gasteiger partial charge in [0.15, 0.2) is 0 Å². The lowest BCUT2D eigenvalue weighted by atomic mass is 9.85. The van der Waals surface area contributed by atoms with Crippen molar-refractivity contribution in [3.8, 4) is 5.69 Å². The number of nitrogens with zero attached hydrogens (tertiary/aromatic N) is 5. The Morgan fingerprint density at radius 2 is 1.51 bits per heavy atom. The molecule has 5 rings (SSSR count). The van der Waals surface area contributed by atoms with Crippen LogP contribution in [0.5, 0.6) is 0 Å². The molecule has 0 saturated carbocycles. The van der Waals surface area contributed by atoms with Gasteiger partial charge in [0.05, 0.1) is 11.4 Å². The fourth-order valence-electron chi connectivity index (χ4n) is 5.81. The van der Waals surface area contributed by atoms with Crippen LogP contribution in [0.2, 0.25) is 0 Å². The predicted molar refractivity (Wildman–Crippen MR) is 144 cm³/mol. The van der Waals surface area contributed by atoms with Gasteiger partial charge in [-0.2, -0.15) is 5.10 Å². The van der Waals surface area contributed by atoms with Crippen LogP contribution in [0, 0.1) is 19.8 Å². The highest BCUT2D eigenvalue weighted by Gasteiger charge is 2.57. The fraction of sp³-hybridized carbons (Fsp3) is 0.433. The van der Waals surface area contributed by atoms with Gasteiger partial charge in [-0.3, -0.25) is 14.6 Å². The first-order valence-corrected chi connectivity index (χ1v) is 13.3. The maximum absolute atomic E-state index is 13.8. The van der Waals surface area contributed by atoms with Crippen LogP contribution in [-0.4, -0.2) is 61.6 Å². The topological polar surface area (TPSA) is 61.7 Å². The van der Waals surface area contributed by atoms with Crippen LogP contribution in [0.3, 0.4) is 0 Å². The number of imide groups is 1. The summed E-state index contributed by atoms with van der Waals surface area (Å²) in [5, 5.41) is 4.81. The van der Waals surface area contributed by atoms with Crippen molar-refractivity contribution < 1.29 is 9.59 Å². The van der Waals surface area contributed by atoms with Gasteiger partial charge in [-0.1, -0.05) is 62.4 Å². The second-order valence-corrected chi connectivity index (χ2v) is 10.9. The van der Waals surface area contributed by atoms with E-state index in [0.29, 0.717) is 25.9 Å². The smallest absolute Gasteiger partial charge is 0.305 e. The molecule has 0 N–H and O–H groups in total. The van der Waals surface area contributed by atoms with E-state index < -0.39 is 5.54 Å². The molecule has 0 atom stereocenters. The minimum Gasteiger partial charge on any atom is -0.305 e. The number of carbonyl (C=O) groups excluding carboxylic acids is 2. The van der Waals surface area contributed by atoms with Crippen LogP contribution >= 0.6 is 0 Å². The number of hydrogen-bond donors (Lipinski definition) is 0. The highest BCUT2D eigenvalue weighted by Crippen LogP contribution is 2.39. The number of rotatable bonds is 7. The van der Waals surface area contributed by atoms with Crippen molar-refractivity contribution in [2.45, 2.75) is 59.2 Å². The molecule has 2 fully saturated rings. The van der Waals surface area contributed by atoms with E-state index in [-0.39, 0.29) is 17.9 Å². The van der Waals surface area contributed by atoms with Crippen LogP contribution in [0.25, 0.3) is 5.69 Å². The Labute approximate surface area is 219 Å². The van der Waals surface area contributed by atoms with E-state index in [0.717, 1.165) is 42.3 Å². The summed E-state index contributed by atoms with van der Waals surface area (Å²) in [6.07, 6.45) is 1.29. The monoisotopic (exact) mass is 499 g/mol. The van der Waals surface area contributed by atoms with Crippen molar-refractivity contribution in [3.63, 3.8) is 0 Å². The van der Waals surface area contributed by atoms with E-state index in [1.807, 2.05) is 58.1 Å². The number of hydrogen-bond acceptors (Lipinski definition) is 4. The Kier molecular flexibility index (Phi) is 6.90. The SMILES string of the molecule is Cc1nn(-c2ccccc2)c(C)c1CN1CCC2(CC1)C(=O)N(CC(C)C)C(=O)N2Cc1ccccc1. The highest BCUT2D eigenvalue weighted by molar-refractivity contribution is 6.07. The van der Waals surface area contributed by atoms with Crippen LogP contribution < -0.4 is 0 Å². The number of piperidine rings is 1. The number of likely N-dealkylation sites (tertiary alicyclic amines) is 1. The molecule has 37 heavy (non-hydrogen) atoms. The second-order valence-electron chi connectivity index (χ2n) is 10.9. The van der Waals surface area contributed by atoms with E-state index in [4.69, 9.17) is 5.10 Å². The first kappa shape index (κ1) is 25.2. The van der Waals surface area contributed by atoms with Gasteiger partial charge in [-0.15, -0.1) is 0 Å². The normalized spacial score (nSPS) is 18.0. The molecule has 2 aliphatic heterocycles. The quantitative estimate of drug-likeness (QED) is 0.432. The van der Waals surface area contributed by atoms with Gasteiger partial charge < -0.3 is 4.90 Å². The zero-order valence-electron chi connectivity index (χ0n) is 22.4. The molecule has 3 amide bonds. The van der Waals surface area contributed by atoms with E-state index in [2.05, 4.69) is 44.7 Å². The summed E-state index contributed by atoms with van der Waals surface area (Å²) in [6, 6.07) is 20.1. The van der Waals surface area contributed by atoms with Gasteiger partial charge in [0.2, 0.25) is 0 Å². The van der Waals surface area contributed by atoms with Crippen molar-refractivity contribution in [2.75, 3.05) is 19.6 Å². The van der Waals surface area contributed by atoms with Crippen LogP contribution in [0.1, 0.15) is 49.2 Å². The Bertz CT molecular complexity index is 1260. The van der Waals surface area contributed by atoms with Gasteiger partial charge in [0.1, 0.15) is 5.54 Å². The van der Waals surface area contributed by atoms with Crippen molar-refractivity contribution in [1.29, 1.82) is 0 Å². The maximum Gasteiger partial charge on any atom is 0.327 e. The van der Waals surface area contributed by atoms with Crippen LogP contribution in [0.4, 0.5) is 4.79 Å². The summed E-state index contributed by atoms with van der Waals surface area (Å²) < 4.78 is 2.01. The van der Waals surface area contributed by atoms with E-state index in [1.54, 1.807) is 0 Å². The number of urea groups is 1. The first-order chi connectivity index (χ1) is 17.8. The summed E-state index contributed by atoms with van der Waals surface area (Å²) in [4.78, 5) is 33.1. The molecular weight excluding hydrogens is 462 g/mol. The summed E-state index contributed by atoms with van der Waals surface area (Å²) in [5.41, 5.74) is 4.75. The Morgan fingerprint density at radius 1 is 0.892 bits per heavy atom. The third kappa shape index (κ3) is 4.68. The lowest BCUT2D eigenvalue weighted by Gasteiger charge is -2.42. The van der Waals surface area contributed by atoms with Crippen LogP contribution in [0.15, 0.2) is 60.7 Å². The highest BCUT2D eigenvalue weighted by atomic mass is 16.2. The molecule has 194 valence electrons. The number of amides is 3. The Morgan fingerprint density at radius 3 is 2.14 bits per heavy atom. The zero-order valence-corrected chi connectivity index (χ0v) is 22.4. The second kappa shape index (κ2) is 10.1. The first-order valence-electron chi connectivity index (χ1n) is 13.3. The molecule has 2 aromatic carbocycles. The predicted octanol–water partition coefficient (Wildman–Crippen LogP) is 4.94. The standard InChI is InChI=1S/C30H37N5O2/c1-22(2)19-33-28(36)30(34(29(33)37)20-25-11-7-5-8-12-25)15-17-32(18-16-30)21-27-23(3)31-35(24(27)4)26-13-9-6-10-14-26/h5-14,22H,15-21H2,1-4H3. The average molecular weight is 500 g/mol. The summed E-state index contributed by atoms with van der Waals surface area (Å²) in [5.74, 6) is 0.208. The molecule has 1 aromatic heterocycles. The summed E-state index contributed by atoms with van der Waals surface area (Å²) in [7, 11) is 0. The van der Waals surface area contributed by atoms with Gasteiger partial charge >= 0.3 is 6.03 Å². The lowest BCUT2D eigenvalue weighted by molar-refractivity contribution is -0.136. The number of aromatic nitrogens is 2. The molecule has 0 aliphatic carbocycles. The van der Waals surface area contributed by atoms with Crippen molar-refractivity contribution in [2.24, 2.45) is 5.92 Å². The van der Waals surface area contributed by atoms with Gasteiger partial charge in [0, 0.05) is 44.0 Å². The minimum atomic E-state index is -0.767. The molecule has 7 nitrogen and oxygen atoms in total. The number of para-hydroxylation sites is 1. The van der Waals surface area contributed by atoms with Gasteiger partial charge in [0.25, 0.3) is 5.91 Å². The van der Waals surface area contributed by atoms with Crippen LogP contribution in [-0.2, 0) is 17.9 Å². The molecule has 2 aliphatic rings. The molecule has 1 spiro atoms. The molecular formula is C30H37N5O2. The summed E-state index contributed by atoms with van der Waals surface area (Å²) >= 11 is 0. The van der Waals surface area contributed by atoms with E-state index in [9.17, 15) is 9.59 Å². The molecule has 0 radical (unpaired) electrons. The number of carbonyl (C=O) groups is 2. The third-order valence-corrected chi connectivity index (χ3v) is 7.86. The van der Waals surface area contributed by atoms with Gasteiger partial charge in [-0.05, 0) is 50.3 Å². The Hall–Kier alpha value is -3.45. The molecule has 7 heteroatoms. The molecule has 0 bridgehead atoms. The van der Waals surface area contributed by atoms with E-state index >= 15 is 0 Å². The molecule has 3 aromatic rings. The maximum atomic E-state index is 13.8. The van der Waals surface area contributed by atoms with Gasteiger partial charge in [-0.25, -0.2) is 9.48 Å². The molecule has 3 heterocycles. The molecule has 2 saturated heterocycles. The van der Waals surface area contributed by atoms with E-state index in [1.165, 1.54) is 10.5 Å². The average Bonchev–Trinajstić information content (AvgIpc) is 3.28. The fourth-order valence-corrected chi connectivity index (χ4v) is 5.81. The van der Waals surface area contributed by atoms with Crippen molar-refractivity contribution in [3.05, 3.63) is 83.2 Å². The largest absolute Gasteiger partial charge is 0.327 e. The minimum absolute atomic E-state index is 0.0222. The zero-order chi connectivity index (χ0) is 26.2. The number of aryl methyl sites for hydroxylation is 1. The molecule has 0 unspecified atom stereocenters. The number of benzene rings is 2. The van der Waals surface area contributed by atoms with Crippen molar-refractivity contribution in [1.82, 2.24) is 24.5 Å². The van der Waals surface area contributed by atoms with Crippen molar-refractivity contribution >= 4 is 11.9 Å². The third-order valence-electron chi connectivity index (χ3n) is 7.86. The Balaban J connectivity index is 1.35. The summed E-state index contributed by atoms with van der Waals surface area (Å²) in [6.45, 7) is 11.5.